The molecule has 0 N–H and O–H groups in total. The highest BCUT2D eigenvalue weighted by molar-refractivity contribution is 4.81. The van der Waals surface area contributed by atoms with Crippen molar-refractivity contribution in [3.05, 3.63) is 12.2 Å². The Morgan fingerprint density at radius 3 is 1.17 bits per heavy atom. The van der Waals surface area contributed by atoms with Crippen molar-refractivity contribution in [3.8, 4) is 0 Å². The molecule has 0 saturated carbocycles. The minimum atomic E-state index is 1.00. The Balaban J connectivity index is 3.30. The van der Waals surface area contributed by atoms with E-state index in [2.05, 4.69) is 32.9 Å². The van der Waals surface area contributed by atoms with Gasteiger partial charge in [0, 0.05) is 0 Å². The Morgan fingerprint density at radius 1 is 0.414 bits per heavy atom. The van der Waals surface area contributed by atoms with E-state index >= 15 is 0 Å². The van der Waals surface area contributed by atoms with Gasteiger partial charge in [0.15, 0.2) is 0 Å². The lowest BCUT2D eigenvalue weighted by Crippen LogP contribution is -1.99. The largest absolute Gasteiger partial charge is 0.0885 e. The van der Waals surface area contributed by atoms with Gasteiger partial charge in [-0.15, -0.1) is 0 Å². The van der Waals surface area contributed by atoms with Crippen LogP contribution in [0.4, 0.5) is 0 Å². The summed E-state index contributed by atoms with van der Waals surface area (Å²) in [6.45, 7) is 7.01. The van der Waals surface area contributed by atoms with E-state index in [0.717, 1.165) is 5.92 Å². The molecule has 0 heteroatoms. The topological polar surface area (TPSA) is 0 Å². The van der Waals surface area contributed by atoms with Crippen molar-refractivity contribution < 1.29 is 0 Å². The van der Waals surface area contributed by atoms with E-state index in [1.54, 1.807) is 0 Å². The van der Waals surface area contributed by atoms with Crippen LogP contribution in [0.2, 0.25) is 0 Å². The monoisotopic (exact) mass is 406 g/mol. The SMILES string of the molecule is CCCCCCCCCCCC=CCCCCCC(CC)CCCCCCCC. The maximum Gasteiger partial charge on any atom is -0.0351 e. The predicted molar refractivity (Wildman–Crippen MR) is 136 cm³/mol. The fourth-order valence-corrected chi connectivity index (χ4v) is 4.45. The number of hydrogen-bond donors (Lipinski definition) is 0. The fourth-order valence-electron chi connectivity index (χ4n) is 4.45. The highest BCUT2D eigenvalue weighted by atomic mass is 14.1. The van der Waals surface area contributed by atoms with Crippen molar-refractivity contribution in [2.75, 3.05) is 0 Å². The molecule has 0 amide bonds. The minimum Gasteiger partial charge on any atom is -0.0885 e. The van der Waals surface area contributed by atoms with Crippen LogP contribution >= 0.6 is 0 Å². The molecule has 1 atom stereocenters. The number of rotatable bonds is 24. The third-order valence-corrected chi connectivity index (χ3v) is 6.67. The molecule has 0 nitrogen and oxygen atoms in total. The van der Waals surface area contributed by atoms with Gasteiger partial charge in [0.2, 0.25) is 0 Å². The van der Waals surface area contributed by atoms with E-state index in [1.165, 1.54) is 148 Å². The maximum atomic E-state index is 2.46. The summed E-state index contributed by atoms with van der Waals surface area (Å²) in [5.74, 6) is 1.00. The third-order valence-electron chi connectivity index (χ3n) is 6.67. The van der Waals surface area contributed by atoms with Crippen LogP contribution in [0.25, 0.3) is 0 Å². The lowest BCUT2D eigenvalue weighted by molar-refractivity contribution is 0.395. The third kappa shape index (κ3) is 23.9. The van der Waals surface area contributed by atoms with Crippen LogP contribution in [-0.4, -0.2) is 0 Å². The van der Waals surface area contributed by atoms with Gasteiger partial charge in [-0.2, -0.15) is 0 Å². The van der Waals surface area contributed by atoms with Crippen LogP contribution in [-0.2, 0) is 0 Å². The van der Waals surface area contributed by atoms with Crippen LogP contribution in [0.5, 0.6) is 0 Å². The Kier molecular flexibility index (Phi) is 25.5. The molecule has 0 radical (unpaired) electrons. The average Bonchev–Trinajstić information content (AvgIpc) is 2.74. The molecule has 0 aromatic rings. The van der Waals surface area contributed by atoms with E-state index in [-0.39, 0.29) is 0 Å². The van der Waals surface area contributed by atoms with Gasteiger partial charge in [-0.3, -0.25) is 0 Å². The molecule has 0 fully saturated rings. The van der Waals surface area contributed by atoms with Crippen LogP contribution in [0.15, 0.2) is 12.2 Å². The molecule has 0 aromatic carbocycles. The second-order valence-electron chi connectivity index (χ2n) is 9.56. The zero-order valence-corrected chi connectivity index (χ0v) is 21.0. The number of hydrogen-bond acceptors (Lipinski definition) is 0. The Bertz CT molecular complexity index is 303. The summed E-state index contributed by atoms with van der Waals surface area (Å²) in [4.78, 5) is 0. The van der Waals surface area contributed by atoms with Crippen molar-refractivity contribution in [1.29, 1.82) is 0 Å². The van der Waals surface area contributed by atoms with Crippen molar-refractivity contribution in [1.82, 2.24) is 0 Å². The minimum absolute atomic E-state index is 1.00. The summed E-state index contributed by atoms with van der Waals surface area (Å²) in [6.07, 6.45) is 37.8. The molecule has 0 heterocycles. The standard InChI is InChI=1S/C29H58/c1-4-7-9-11-13-14-15-16-17-18-19-20-21-22-24-26-28-29(6-3)27-25-23-12-10-8-5-2/h19-20,29H,4-18,21-28H2,1-3H3. The first-order valence-corrected chi connectivity index (χ1v) is 14.0. The molecule has 0 aliphatic heterocycles. The highest BCUT2D eigenvalue weighted by Gasteiger charge is 2.05. The van der Waals surface area contributed by atoms with Gasteiger partial charge in [-0.1, -0.05) is 155 Å². The van der Waals surface area contributed by atoms with Crippen LogP contribution < -0.4 is 0 Å². The molecule has 0 aromatic heterocycles. The van der Waals surface area contributed by atoms with Gasteiger partial charge in [0.25, 0.3) is 0 Å². The van der Waals surface area contributed by atoms with Crippen molar-refractivity contribution in [2.24, 2.45) is 5.92 Å². The molecule has 0 aliphatic rings. The average molecular weight is 407 g/mol. The van der Waals surface area contributed by atoms with Gasteiger partial charge < -0.3 is 0 Å². The normalized spacial score (nSPS) is 12.8. The quantitative estimate of drug-likeness (QED) is 0.110. The summed E-state index contributed by atoms with van der Waals surface area (Å²) in [5.41, 5.74) is 0. The molecule has 0 rings (SSSR count). The first-order valence-electron chi connectivity index (χ1n) is 14.0. The molecular weight excluding hydrogens is 348 g/mol. The van der Waals surface area contributed by atoms with Crippen molar-refractivity contribution in [2.45, 2.75) is 168 Å². The Morgan fingerprint density at radius 2 is 0.759 bits per heavy atom. The second-order valence-corrected chi connectivity index (χ2v) is 9.56. The highest BCUT2D eigenvalue weighted by Crippen LogP contribution is 2.21. The van der Waals surface area contributed by atoms with E-state index in [4.69, 9.17) is 0 Å². The Labute approximate surface area is 186 Å². The molecular formula is C29H58. The Hall–Kier alpha value is -0.260. The first-order chi connectivity index (χ1) is 14.3. The molecule has 174 valence electrons. The predicted octanol–water partition coefficient (Wildman–Crippen LogP) is 11.2. The van der Waals surface area contributed by atoms with E-state index in [9.17, 15) is 0 Å². The van der Waals surface area contributed by atoms with Crippen molar-refractivity contribution >= 4 is 0 Å². The van der Waals surface area contributed by atoms with Crippen LogP contribution in [0.1, 0.15) is 168 Å². The lowest BCUT2D eigenvalue weighted by atomic mass is 9.92. The van der Waals surface area contributed by atoms with Gasteiger partial charge in [-0.05, 0) is 31.6 Å². The lowest BCUT2D eigenvalue weighted by Gasteiger charge is -2.14. The summed E-state index contributed by atoms with van der Waals surface area (Å²) in [5, 5.41) is 0. The van der Waals surface area contributed by atoms with E-state index in [0.29, 0.717) is 0 Å². The molecule has 0 saturated heterocycles. The molecule has 0 spiro atoms. The zero-order chi connectivity index (χ0) is 21.3. The van der Waals surface area contributed by atoms with Gasteiger partial charge in [0.1, 0.15) is 0 Å². The van der Waals surface area contributed by atoms with Crippen molar-refractivity contribution in [3.63, 3.8) is 0 Å². The number of unbranched alkanes of at least 4 members (excludes halogenated alkanes) is 17. The number of allylic oxidation sites excluding steroid dienone is 2. The van der Waals surface area contributed by atoms with Gasteiger partial charge >= 0.3 is 0 Å². The zero-order valence-electron chi connectivity index (χ0n) is 21.0. The fraction of sp³-hybridized carbons (Fsp3) is 0.931. The second kappa shape index (κ2) is 25.8. The maximum absolute atomic E-state index is 2.46. The summed E-state index contributed by atoms with van der Waals surface area (Å²) in [6, 6.07) is 0. The summed E-state index contributed by atoms with van der Waals surface area (Å²) >= 11 is 0. The van der Waals surface area contributed by atoms with Gasteiger partial charge in [0.05, 0.1) is 0 Å². The van der Waals surface area contributed by atoms with E-state index < -0.39 is 0 Å². The van der Waals surface area contributed by atoms with E-state index in [1.807, 2.05) is 0 Å². The molecule has 0 aliphatic carbocycles. The van der Waals surface area contributed by atoms with Crippen LogP contribution in [0, 0.1) is 5.92 Å². The molecule has 1 unspecified atom stereocenters. The molecule has 29 heavy (non-hydrogen) atoms. The smallest absolute Gasteiger partial charge is 0.0351 e. The molecule has 0 bridgehead atoms. The summed E-state index contributed by atoms with van der Waals surface area (Å²) < 4.78 is 0. The van der Waals surface area contributed by atoms with Gasteiger partial charge in [-0.25, -0.2) is 0 Å². The first kappa shape index (κ1) is 28.7. The van der Waals surface area contributed by atoms with Crippen LogP contribution in [0.3, 0.4) is 0 Å². The summed E-state index contributed by atoms with van der Waals surface area (Å²) in [7, 11) is 0.